The molecule has 8 heteroatoms. The van der Waals surface area contributed by atoms with Crippen LogP contribution in [0.5, 0.6) is 0 Å². The topological polar surface area (TPSA) is 84.7 Å². The zero-order valence-corrected chi connectivity index (χ0v) is 12.3. The molecule has 7 nitrogen and oxygen atoms in total. The number of amides is 1. The molecule has 1 fully saturated rings. The molecule has 1 heterocycles. The zero-order valence-electron chi connectivity index (χ0n) is 11.5. The van der Waals surface area contributed by atoms with Crippen LogP contribution in [0.4, 0.5) is 5.69 Å². The smallest absolute Gasteiger partial charge is 0.271 e. The number of hydrogen-bond acceptors (Lipinski definition) is 5. The number of carbonyl (C=O) groups excluding carboxylic acids is 1. The Kier molecular flexibility index (Phi) is 5.11. The van der Waals surface area contributed by atoms with E-state index in [1.165, 1.54) is 18.2 Å². The molecule has 1 unspecified atom stereocenters. The summed E-state index contributed by atoms with van der Waals surface area (Å²) in [5.41, 5.74) is 0.0326. The van der Waals surface area contributed by atoms with E-state index in [9.17, 15) is 14.9 Å². The van der Waals surface area contributed by atoms with E-state index in [4.69, 9.17) is 16.3 Å². The minimum atomic E-state index is -0.564. The second-order valence-electron chi connectivity index (χ2n) is 4.76. The van der Waals surface area contributed by atoms with Crippen molar-refractivity contribution in [3.05, 3.63) is 38.9 Å². The van der Waals surface area contributed by atoms with Gasteiger partial charge in [0.2, 0.25) is 0 Å². The van der Waals surface area contributed by atoms with E-state index in [0.717, 1.165) is 0 Å². The highest BCUT2D eigenvalue weighted by Gasteiger charge is 2.25. The van der Waals surface area contributed by atoms with Gasteiger partial charge in [-0.3, -0.25) is 14.9 Å². The summed E-state index contributed by atoms with van der Waals surface area (Å²) in [7, 11) is 1.81. The maximum absolute atomic E-state index is 12.4. The summed E-state index contributed by atoms with van der Waals surface area (Å²) in [6.07, 6.45) is -0.0816. The first kappa shape index (κ1) is 15.7. The van der Waals surface area contributed by atoms with Gasteiger partial charge < -0.3 is 15.0 Å². The molecule has 1 aliphatic heterocycles. The average Bonchev–Trinajstić information content (AvgIpc) is 2.46. The summed E-state index contributed by atoms with van der Waals surface area (Å²) in [5.74, 6) is -0.273. The molecule has 2 rings (SSSR count). The van der Waals surface area contributed by atoms with Crippen LogP contribution in [0.15, 0.2) is 18.2 Å². The number of hydrogen-bond donors (Lipinski definition) is 1. The highest BCUT2D eigenvalue weighted by atomic mass is 35.5. The van der Waals surface area contributed by atoms with E-state index in [1.54, 1.807) is 4.90 Å². The number of benzene rings is 1. The number of nitrogens with zero attached hydrogens (tertiary/aromatic N) is 2. The van der Waals surface area contributed by atoms with Gasteiger partial charge in [-0.1, -0.05) is 11.6 Å². The zero-order chi connectivity index (χ0) is 15.4. The van der Waals surface area contributed by atoms with Crippen LogP contribution in [0.3, 0.4) is 0 Å². The molecular weight excluding hydrogens is 298 g/mol. The van der Waals surface area contributed by atoms with Crippen molar-refractivity contribution < 1.29 is 14.5 Å². The third-order valence-corrected chi connectivity index (χ3v) is 3.42. The van der Waals surface area contributed by atoms with Crippen molar-refractivity contribution in [1.29, 1.82) is 0 Å². The maximum Gasteiger partial charge on any atom is 0.271 e. The molecule has 1 atom stereocenters. The van der Waals surface area contributed by atoms with Gasteiger partial charge in [-0.05, 0) is 13.1 Å². The number of likely N-dealkylation sites (N-methyl/N-ethyl adjacent to an activating group) is 1. The van der Waals surface area contributed by atoms with Gasteiger partial charge in [0, 0.05) is 42.4 Å². The normalized spacial score (nSPS) is 18.6. The standard InChI is InChI=1S/C13H16ClN3O4/c1-15-7-12-8-16(2-3-21-12)13(18)9-4-10(14)6-11(5-9)17(19)20/h4-6,12,15H,2-3,7-8H2,1H3. The highest BCUT2D eigenvalue weighted by molar-refractivity contribution is 6.31. The number of nitro benzene ring substituents is 1. The lowest BCUT2D eigenvalue weighted by atomic mass is 10.1. The van der Waals surface area contributed by atoms with E-state index < -0.39 is 4.92 Å². The van der Waals surface area contributed by atoms with Gasteiger partial charge in [0.05, 0.1) is 17.6 Å². The van der Waals surface area contributed by atoms with Gasteiger partial charge in [-0.25, -0.2) is 0 Å². The van der Waals surface area contributed by atoms with Gasteiger partial charge in [0.25, 0.3) is 11.6 Å². The molecule has 1 aromatic rings. The number of ether oxygens (including phenoxy) is 1. The number of nitrogens with one attached hydrogen (secondary N) is 1. The Balaban J connectivity index is 2.17. The summed E-state index contributed by atoms with van der Waals surface area (Å²) in [6, 6.07) is 3.91. The van der Waals surface area contributed by atoms with Crippen molar-refractivity contribution in [2.75, 3.05) is 33.3 Å². The fraction of sp³-hybridized carbons (Fsp3) is 0.462. The number of rotatable bonds is 4. The molecule has 1 aliphatic rings. The SMILES string of the molecule is CNCC1CN(C(=O)c2cc(Cl)cc([N+](=O)[O-])c2)CCO1. The first-order chi connectivity index (χ1) is 10.0. The van der Waals surface area contributed by atoms with E-state index in [1.807, 2.05) is 7.05 Å². The molecule has 0 saturated carbocycles. The Morgan fingerprint density at radius 3 is 3.00 bits per heavy atom. The number of carbonyl (C=O) groups is 1. The Labute approximate surface area is 127 Å². The van der Waals surface area contributed by atoms with Crippen LogP contribution in [-0.2, 0) is 4.74 Å². The van der Waals surface area contributed by atoms with E-state index in [0.29, 0.717) is 26.2 Å². The van der Waals surface area contributed by atoms with Crippen molar-refractivity contribution in [2.45, 2.75) is 6.10 Å². The van der Waals surface area contributed by atoms with Gasteiger partial charge in [0.1, 0.15) is 0 Å². The summed E-state index contributed by atoms with van der Waals surface area (Å²) < 4.78 is 5.53. The largest absolute Gasteiger partial charge is 0.373 e. The predicted molar refractivity (Wildman–Crippen MR) is 77.7 cm³/mol. The first-order valence-corrected chi connectivity index (χ1v) is 6.89. The highest BCUT2D eigenvalue weighted by Crippen LogP contribution is 2.22. The van der Waals surface area contributed by atoms with Crippen LogP contribution in [0, 0.1) is 10.1 Å². The Morgan fingerprint density at radius 1 is 1.57 bits per heavy atom. The summed E-state index contributed by atoms with van der Waals surface area (Å²) in [4.78, 5) is 24.3. The van der Waals surface area contributed by atoms with Crippen molar-refractivity contribution in [2.24, 2.45) is 0 Å². The molecule has 1 N–H and O–H groups in total. The van der Waals surface area contributed by atoms with Crippen LogP contribution >= 0.6 is 11.6 Å². The van der Waals surface area contributed by atoms with Gasteiger partial charge >= 0.3 is 0 Å². The minimum absolute atomic E-state index is 0.0816. The van der Waals surface area contributed by atoms with Gasteiger partial charge in [-0.15, -0.1) is 0 Å². The number of non-ortho nitro benzene ring substituents is 1. The third-order valence-electron chi connectivity index (χ3n) is 3.20. The molecule has 1 saturated heterocycles. The molecule has 0 bridgehead atoms. The van der Waals surface area contributed by atoms with Crippen molar-refractivity contribution >= 4 is 23.2 Å². The van der Waals surface area contributed by atoms with Crippen LogP contribution in [0.2, 0.25) is 5.02 Å². The molecule has 1 amide bonds. The molecular formula is C13H16ClN3O4. The molecule has 21 heavy (non-hydrogen) atoms. The molecule has 114 valence electrons. The number of nitro groups is 1. The molecule has 0 aliphatic carbocycles. The number of morpholine rings is 1. The molecule has 0 aromatic heterocycles. The average molecular weight is 314 g/mol. The van der Waals surface area contributed by atoms with Gasteiger partial charge in [-0.2, -0.15) is 0 Å². The first-order valence-electron chi connectivity index (χ1n) is 6.51. The predicted octanol–water partition coefficient (Wildman–Crippen LogP) is 1.31. The number of halogens is 1. The van der Waals surface area contributed by atoms with Crippen LogP contribution in [0.25, 0.3) is 0 Å². The van der Waals surface area contributed by atoms with E-state index in [-0.39, 0.29) is 28.3 Å². The summed E-state index contributed by atoms with van der Waals surface area (Å²) in [5, 5.41) is 14.0. The second-order valence-corrected chi connectivity index (χ2v) is 5.19. The Bertz CT molecular complexity index is 550. The summed E-state index contributed by atoms with van der Waals surface area (Å²) >= 11 is 5.85. The lowest BCUT2D eigenvalue weighted by molar-refractivity contribution is -0.384. The van der Waals surface area contributed by atoms with Gasteiger partial charge in [0.15, 0.2) is 0 Å². The minimum Gasteiger partial charge on any atom is -0.373 e. The van der Waals surface area contributed by atoms with Crippen LogP contribution in [0.1, 0.15) is 10.4 Å². The quantitative estimate of drug-likeness (QED) is 0.669. The molecule has 0 radical (unpaired) electrons. The summed E-state index contributed by atoms with van der Waals surface area (Å²) in [6.45, 7) is 1.99. The third kappa shape index (κ3) is 3.90. The Hall–Kier alpha value is -1.70. The second kappa shape index (κ2) is 6.84. The fourth-order valence-corrected chi connectivity index (χ4v) is 2.47. The molecule has 0 spiro atoms. The van der Waals surface area contributed by atoms with Crippen molar-refractivity contribution in [3.8, 4) is 0 Å². The fourth-order valence-electron chi connectivity index (χ4n) is 2.24. The lowest BCUT2D eigenvalue weighted by Crippen LogP contribution is -2.48. The Morgan fingerprint density at radius 2 is 2.33 bits per heavy atom. The van der Waals surface area contributed by atoms with Crippen LogP contribution < -0.4 is 5.32 Å². The maximum atomic E-state index is 12.4. The monoisotopic (exact) mass is 313 g/mol. The van der Waals surface area contributed by atoms with Crippen LogP contribution in [-0.4, -0.2) is 55.1 Å². The lowest BCUT2D eigenvalue weighted by Gasteiger charge is -2.33. The molecule has 1 aromatic carbocycles. The van der Waals surface area contributed by atoms with E-state index >= 15 is 0 Å². The van der Waals surface area contributed by atoms with E-state index in [2.05, 4.69) is 5.32 Å². The van der Waals surface area contributed by atoms with Crippen molar-refractivity contribution in [1.82, 2.24) is 10.2 Å². The van der Waals surface area contributed by atoms with Crippen molar-refractivity contribution in [3.63, 3.8) is 0 Å².